The SMILES string of the molecule is Cc1cc(OCCCC(=O)OCC(Cl)(Cl)Cl)c(C)c(C)c1S(=O)(=O)Cl. The van der Waals surface area contributed by atoms with E-state index >= 15 is 0 Å². The number of esters is 1. The number of benzene rings is 1. The summed E-state index contributed by atoms with van der Waals surface area (Å²) >= 11 is 16.5. The molecule has 0 N–H and O–H groups in total. The number of halogens is 4. The van der Waals surface area contributed by atoms with Gasteiger partial charge in [0, 0.05) is 17.1 Å². The Bertz CT molecular complexity index is 741. The van der Waals surface area contributed by atoms with Crippen molar-refractivity contribution in [3.63, 3.8) is 0 Å². The summed E-state index contributed by atoms with van der Waals surface area (Å²) in [6.45, 7) is 4.98. The van der Waals surface area contributed by atoms with E-state index in [0.717, 1.165) is 0 Å². The van der Waals surface area contributed by atoms with Crippen LogP contribution in [0.25, 0.3) is 0 Å². The number of carbonyl (C=O) groups is 1. The molecule has 0 unspecified atom stereocenters. The number of ether oxygens (including phenoxy) is 2. The van der Waals surface area contributed by atoms with Crippen molar-refractivity contribution >= 4 is 60.5 Å². The van der Waals surface area contributed by atoms with Gasteiger partial charge in [-0.25, -0.2) is 8.42 Å². The molecular formula is C15H18Cl4O5S. The zero-order valence-electron chi connectivity index (χ0n) is 13.9. The van der Waals surface area contributed by atoms with Crippen LogP contribution in [0.5, 0.6) is 5.75 Å². The number of hydrogen-bond donors (Lipinski definition) is 0. The van der Waals surface area contributed by atoms with Crippen LogP contribution in [-0.2, 0) is 18.6 Å². The fraction of sp³-hybridized carbons (Fsp3) is 0.533. The highest BCUT2D eigenvalue weighted by Gasteiger charge is 2.22. The van der Waals surface area contributed by atoms with Crippen molar-refractivity contribution in [1.82, 2.24) is 0 Å². The van der Waals surface area contributed by atoms with Gasteiger partial charge >= 0.3 is 5.97 Å². The van der Waals surface area contributed by atoms with Gasteiger partial charge in [0.05, 0.1) is 11.5 Å². The molecule has 142 valence electrons. The fourth-order valence-electron chi connectivity index (χ4n) is 2.18. The van der Waals surface area contributed by atoms with E-state index in [4.69, 9.17) is 55.0 Å². The van der Waals surface area contributed by atoms with Gasteiger partial charge in [0.1, 0.15) is 12.4 Å². The Kier molecular flexibility index (Phi) is 8.15. The van der Waals surface area contributed by atoms with E-state index in [2.05, 4.69) is 0 Å². The van der Waals surface area contributed by atoms with Crippen LogP contribution >= 0.6 is 45.5 Å². The van der Waals surface area contributed by atoms with Crippen LogP contribution in [0.3, 0.4) is 0 Å². The van der Waals surface area contributed by atoms with Gasteiger partial charge in [-0.05, 0) is 49.9 Å². The first kappa shape index (κ1) is 22.6. The van der Waals surface area contributed by atoms with Crippen LogP contribution in [0.15, 0.2) is 11.0 Å². The Labute approximate surface area is 166 Å². The zero-order chi connectivity index (χ0) is 19.4. The predicted molar refractivity (Wildman–Crippen MR) is 99.7 cm³/mol. The molecule has 0 aliphatic heterocycles. The van der Waals surface area contributed by atoms with E-state index in [-0.39, 0.29) is 24.5 Å². The van der Waals surface area contributed by atoms with Crippen LogP contribution in [0.1, 0.15) is 29.5 Å². The van der Waals surface area contributed by atoms with Crippen LogP contribution in [0.2, 0.25) is 0 Å². The number of rotatable bonds is 7. The molecule has 0 spiro atoms. The highest BCUT2D eigenvalue weighted by molar-refractivity contribution is 8.13. The van der Waals surface area contributed by atoms with Gasteiger partial charge in [-0.2, -0.15) is 0 Å². The molecule has 0 aromatic heterocycles. The van der Waals surface area contributed by atoms with E-state index in [1.807, 2.05) is 0 Å². The molecule has 0 heterocycles. The fourth-order valence-corrected chi connectivity index (χ4v) is 4.02. The van der Waals surface area contributed by atoms with E-state index < -0.39 is 18.8 Å². The molecule has 0 fully saturated rings. The Balaban J connectivity index is 2.64. The number of carbonyl (C=O) groups excluding carboxylic acids is 1. The molecule has 0 radical (unpaired) electrons. The maximum absolute atomic E-state index is 11.7. The molecule has 0 aliphatic rings. The van der Waals surface area contributed by atoms with Gasteiger partial charge in [0.25, 0.3) is 9.05 Å². The van der Waals surface area contributed by atoms with Crippen molar-refractivity contribution < 1.29 is 22.7 Å². The second-order valence-corrected chi connectivity index (χ2v) is 10.5. The van der Waals surface area contributed by atoms with Crippen molar-refractivity contribution in [1.29, 1.82) is 0 Å². The average molecular weight is 452 g/mol. The van der Waals surface area contributed by atoms with Gasteiger partial charge < -0.3 is 9.47 Å². The van der Waals surface area contributed by atoms with E-state index in [9.17, 15) is 13.2 Å². The number of alkyl halides is 3. The van der Waals surface area contributed by atoms with Crippen LogP contribution in [0.4, 0.5) is 0 Å². The predicted octanol–water partition coefficient (Wildman–Crippen LogP) is 4.61. The summed E-state index contributed by atoms with van der Waals surface area (Å²) in [5, 5.41) is 0. The van der Waals surface area contributed by atoms with Crippen LogP contribution in [0, 0.1) is 20.8 Å². The second kappa shape index (κ2) is 9.00. The highest BCUT2D eigenvalue weighted by Crippen LogP contribution is 2.32. The molecule has 0 amide bonds. The van der Waals surface area contributed by atoms with E-state index in [1.165, 1.54) is 0 Å². The van der Waals surface area contributed by atoms with Crippen molar-refractivity contribution in [3.8, 4) is 5.75 Å². The first-order chi connectivity index (χ1) is 11.3. The minimum Gasteiger partial charge on any atom is -0.493 e. The summed E-state index contributed by atoms with van der Waals surface area (Å²) < 4.78 is 32.1. The smallest absolute Gasteiger partial charge is 0.306 e. The average Bonchev–Trinajstić information content (AvgIpc) is 2.44. The van der Waals surface area contributed by atoms with Gasteiger partial charge in [0.15, 0.2) is 0 Å². The first-order valence-electron chi connectivity index (χ1n) is 7.23. The third-order valence-electron chi connectivity index (χ3n) is 3.40. The second-order valence-electron chi connectivity index (χ2n) is 5.44. The maximum Gasteiger partial charge on any atom is 0.306 e. The summed E-state index contributed by atoms with van der Waals surface area (Å²) in [5.74, 6) is 0.0383. The lowest BCUT2D eigenvalue weighted by atomic mass is 10.1. The molecule has 5 nitrogen and oxygen atoms in total. The zero-order valence-corrected chi connectivity index (χ0v) is 17.7. The number of hydrogen-bond acceptors (Lipinski definition) is 5. The summed E-state index contributed by atoms with van der Waals surface area (Å²) in [6.07, 6.45) is 0.498. The monoisotopic (exact) mass is 450 g/mol. The third-order valence-corrected chi connectivity index (χ3v) is 5.31. The molecule has 0 bridgehead atoms. The Hall–Kier alpha value is -0.400. The summed E-state index contributed by atoms with van der Waals surface area (Å²) in [4.78, 5) is 11.6. The number of aryl methyl sites for hydroxylation is 1. The molecule has 0 atom stereocenters. The normalized spacial score (nSPS) is 12.1. The maximum atomic E-state index is 11.7. The van der Waals surface area contributed by atoms with E-state index in [1.54, 1.807) is 26.8 Å². The lowest BCUT2D eigenvalue weighted by Gasteiger charge is -2.15. The third kappa shape index (κ3) is 7.39. The minimum atomic E-state index is -3.84. The lowest BCUT2D eigenvalue weighted by molar-refractivity contribution is -0.143. The topological polar surface area (TPSA) is 69.7 Å². The van der Waals surface area contributed by atoms with Crippen LogP contribution in [-0.4, -0.2) is 31.4 Å². The summed E-state index contributed by atoms with van der Waals surface area (Å²) in [6, 6.07) is 1.61. The quantitative estimate of drug-likeness (QED) is 0.262. The summed E-state index contributed by atoms with van der Waals surface area (Å²) in [5.41, 5.74) is 1.70. The van der Waals surface area contributed by atoms with Gasteiger partial charge in [-0.15, -0.1) is 0 Å². The molecule has 1 rings (SSSR count). The summed E-state index contributed by atoms with van der Waals surface area (Å²) in [7, 11) is 1.63. The molecule has 1 aromatic rings. The molecule has 25 heavy (non-hydrogen) atoms. The van der Waals surface area contributed by atoms with Gasteiger partial charge in [-0.1, -0.05) is 34.8 Å². The van der Waals surface area contributed by atoms with Crippen molar-refractivity contribution in [3.05, 3.63) is 22.8 Å². The van der Waals surface area contributed by atoms with Crippen molar-refractivity contribution in [2.45, 2.75) is 42.3 Å². The first-order valence-corrected chi connectivity index (χ1v) is 10.7. The molecule has 0 saturated heterocycles. The van der Waals surface area contributed by atoms with Gasteiger partial charge in [0.2, 0.25) is 3.79 Å². The highest BCUT2D eigenvalue weighted by atomic mass is 35.7. The minimum absolute atomic E-state index is 0.0919. The Morgan fingerprint density at radius 1 is 1.16 bits per heavy atom. The standard InChI is InChI=1S/C15H18Cl4O5S/c1-9-7-12(10(2)11(3)14(9)25(19,21)22)23-6-4-5-13(20)24-8-15(16,17)18/h7H,4-6,8H2,1-3H3. The molecule has 0 aliphatic carbocycles. The molecule has 10 heteroatoms. The van der Waals surface area contributed by atoms with E-state index in [0.29, 0.717) is 28.9 Å². The largest absolute Gasteiger partial charge is 0.493 e. The molecular weight excluding hydrogens is 434 g/mol. The lowest BCUT2D eigenvalue weighted by Crippen LogP contribution is -2.17. The Morgan fingerprint density at radius 3 is 2.28 bits per heavy atom. The Morgan fingerprint density at radius 2 is 1.76 bits per heavy atom. The molecule has 1 aromatic carbocycles. The van der Waals surface area contributed by atoms with Crippen molar-refractivity contribution in [2.75, 3.05) is 13.2 Å². The van der Waals surface area contributed by atoms with Crippen LogP contribution < -0.4 is 4.74 Å². The van der Waals surface area contributed by atoms with Gasteiger partial charge in [-0.3, -0.25) is 4.79 Å². The van der Waals surface area contributed by atoms with Crippen molar-refractivity contribution in [2.24, 2.45) is 0 Å². The molecule has 0 saturated carbocycles.